The summed E-state index contributed by atoms with van der Waals surface area (Å²) in [6.45, 7) is 8.44. The monoisotopic (exact) mass is 270 g/mol. The van der Waals surface area contributed by atoms with Gasteiger partial charge in [-0.3, -0.25) is 0 Å². The number of nitrogens with zero attached hydrogens (tertiary/aromatic N) is 2. The van der Waals surface area contributed by atoms with Crippen LogP contribution in [0.5, 0.6) is 0 Å². The van der Waals surface area contributed by atoms with Crippen LogP contribution in [-0.2, 0) is 0 Å². The summed E-state index contributed by atoms with van der Waals surface area (Å²) in [6.07, 6.45) is 0. The fourth-order valence-electron chi connectivity index (χ4n) is 2.22. The highest BCUT2D eigenvalue weighted by atomic mass is 19.2. The van der Waals surface area contributed by atoms with E-state index >= 15 is 0 Å². The van der Waals surface area contributed by atoms with Crippen LogP contribution in [0.1, 0.15) is 26.3 Å². The molecule has 0 fully saturated rings. The van der Waals surface area contributed by atoms with Crippen LogP contribution in [0.25, 0.3) is 0 Å². The highest BCUT2D eigenvalue weighted by molar-refractivity contribution is 5.72. The van der Waals surface area contributed by atoms with Crippen LogP contribution in [0.2, 0.25) is 0 Å². The summed E-state index contributed by atoms with van der Waals surface area (Å²) >= 11 is 0. The molecule has 2 nitrogen and oxygen atoms in total. The molecule has 0 spiro atoms. The molecule has 0 aliphatic rings. The largest absolute Gasteiger partial charge is 0.376 e. The second-order valence-corrected chi connectivity index (χ2v) is 6.50. The summed E-state index contributed by atoms with van der Waals surface area (Å²) < 4.78 is 28.1. The van der Waals surface area contributed by atoms with Crippen molar-refractivity contribution in [2.24, 2.45) is 5.41 Å². The first-order valence-electron chi connectivity index (χ1n) is 6.41. The summed E-state index contributed by atoms with van der Waals surface area (Å²) in [6, 6.07) is 1.69. The normalized spacial score (nSPS) is 11.6. The minimum absolute atomic E-state index is 0.00609. The molecule has 0 atom stereocenters. The molecule has 0 aromatic heterocycles. The molecular weight excluding hydrogens is 246 g/mol. The molecule has 0 N–H and O–H groups in total. The highest BCUT2D eigenvalue weighted by Crippen LogP contribution is 2.35. The van der Waals surface area contributed by atoms with E-state index in [2.05, 4.69) is 20.8 Å². The fraction of sp³-hybridized carbons (Fsp3) is 0.600. The van der Waals surface area contributed by atoms with Crippen molar-refractivity contribution >= 4 is 11.4 Å². The van der Waals surface area contributed by atoms with E-state index in [9.17, 15) is 8.78 Å². The Morgan fingerprint density at radius 3 is 2.00 bits per heavy atom. The lowest BCUT2D eigenvalue weighted by Crippen LogP contribution is -2.31. The van der Waals surface area contributed by atoms with E-state index in [0.717, 1.165) is 0 Å². The second kappa shape index (κ2) is 5.35. The lowest BCUT2D eigenvalue weighted by atomic mass is 9.95. The second-order valence-electron chi connectivity index (χ2n) is 6.50. The Hall–Kier alpha value is -1.32. The average molecular weight is 270 g/mol. The topological polar surface area (TPSA) is 6.48 Å². The molecular formula is C15H24F2N2. The smallest absolute Gasteiger partial charge is 0.184 e. The number of rotatable bonds is 3. The SMILES string of the molecule is Cc1cc(N(C)C)c(N(C)CC(C)(C)C)c(F)c1F. The maximum Gasteiger partial charge on any atom is 0.184 e. The molecule has 1 aromatic rings. The summed E-state index contributed by atoms with van der Waals surface area (Å²) in [5.74, 6) is -1.53. The Balaban J connectivity index is 3.36. The predicted molar refractivity (Wildman–Crippen MR) is 78.1 cm³/mol. The van der Waals surface area contributed by atoms with E-state index in [0.29, 0.717) is 23.5 Å². The molecule has 1 aromatic carbocycles. The average Bonchev–Trinajstić information content (AvgIpc) is 2.22. The van der Waals surface area contributed by atoms with Crippen molar-refractivity contribution in [2.75, 3.05) is 37.5 Å². The lowest BCUT2D eigenvalue weighted by Gasteiger charge is -2.32. The maximum absolute atomic E-state index is 14.3. The van der Waals surface area contributed by atoms with Crippen molar-refractivity contribution in [3.8, 4) is 0 Å². The molecule has 1 rings (SSSR count). The quantitative estimate of drug-likeness (QED) is 0.824. The molecule has 0 radical (unpaired) electrons. The third-order valence-corrected chi connectivity index (χ3v) is 2.92. The van der Waals surface area contributed by atoms with Crippen LogP contribution in [0.3, 0.4) is 0 Å². The van der Waals surface area contributed by atoms with E-state index < -0.39 is 11.6 Å². The van der Waals surface area contributed by atoms with Crippen LogP contribution in [-0.4, -0.2) is 27.7 Å². The highest BCUT2D eigenvalue weighted by Gasteiger charge is 2.23. The minimum Gasteiger partial charge on any atom is -0.376 e. The molecule has 0 bridgehead atoms. The van der Waals surface area contributed by atoms with Gasteiger partial charge in [-0.05, 0) is 24.0 Å². The van der Waals surface area contributed by atoms with Crippen LogP contribution in [0.4, 0.5) is 20.2 Å². The lowest BCUT2D eigenvalue weighted by molar-refractivity contribution is 0.414. The number of halogens is 2. The van der Waals surface area contributed by atoms with E-state index in [1.807, 2.05) is 19.0 Å². The Kier molecular flexibility index (Phi) is 4.43. The zero-order chi connectivity index (χ0) is 15.0. The van der Waals surface area contributed by atoms with Gasteiger partial charge in [0.1, 0.15) is 0 Å². The van der Waals surface area contributed by atoms with Gasteiger partial charge < -0.3 is 9.80 Å². The number of anilines is 2. The fourth-order valence-corrected chi connectivity index (χ4v) is 2.22. The molecule has 4 heteroatoms. The number of hydrogen-bond donors (Lipinski definition) is 0. The maximum atomic E-state index is 14.3. The van der Waals surface area contributed by atoms with Gasteiger partial charge in [0.05, 0.1) is 11.4 Å². The Bertz CT molecular complexity index is 462. The summed E-state index contributed by atoms with van der Waals surface area (Å²) in [7, 11) is 5.46. The third-order valence-electron chi connectivity index (χ3n) is 2.92. The molecule has 0 heterocycles. The number of aryl methyl sites for hydroxylation is 1. The summed E-state index contributed by atoms with van der Waals surface area (Å²) in [5.41, 5.74) is 1.35. The van der Waals surface area contributed by atoms with Gasteiger partial charge in [-0.25, -0.2) is 8.78 Å². The first kappa shape index (κ1) is 15.7. The minimum atomic E-state index is -0.768. The van der Waals surface area contributed by atoms with Gasteiger partial charge in [-0.2, -0.15) is 0 Å². The molecule has 108 valence electrons. The third kappa shape index (κ3) is 3.58. The van der Waals surface area contributed by atoms with Crippen molar-refractivity contribution in [3.05, 3.63) is 23.3 Å². The Labute approximate surface area is 115 Å². The molecule has 0 saturated carbocycles. The van der Waals surface area contributed by atoms with Gasteiger partial charge in [-0.15, -0.1) is 0 Å². The molecule has 19 heavy (non-hydrogen) atoms. The number of hydrogen-bond acceptors (Lipinski definition) is 2. The zero-order valence-corrected chi connectivity index (χ0v) is 12.9. The van der Waals surface area contributed by atoms with Crippen molar-refractivity contribution in [2.45, 2.75) is 27.7 Å². The van der Waals surface area contributed by atoms with Crippen molar-refractivity contribution in [1.82, 2.24) is 0 Å². The molecule has 0 saturated heterocycles. The van der Waals surface area contributed by atoms with Crippen LogP contribution in [0.15, 0.2) is 6.07 Å². The predicted octanol–water partition coefficient (Wildman–Crippen LogP) is 3.82. The van der Waals surface area contributed by atoms with Gasteiger partial charge in [0.15, 0.2) is 11.6 Å². The first-order valence-corrected chi connectivity index (χ1v) is 6.41. The zero-order valence-electron chi connectivity index (χ0n) is 12.9. The van der Waals surface area contributed by atoms with Gasteiger partial charge in [-0.1, -0.05) is 20.8 Å². The standard InChI is InChI=1S/C15H24F2N2/c1-10-8-11(18(5)6)14(13(17)12(10)16)19(7)9-15(2,3)4/h8H,9H2,1-7H3. The van der Waals surface area contributed by atoms with E-state index in [-0.39, 0.29) is 5.41 Å². The van der Waals surface area contributed by atoms with Crippen LogP contribution < -0.4 is 9.80 Å². The Morgan fingerprint density at radius 2 is 1.58 bits per heavy atom. The van der Waals surface area contributed by atoms with Gasteiger partial charge in [0, 0.05) is 27.7 Å². The molecule has 0 aliphatic heterocycles. The van der Waals surface area contributed by atoms with Gasteiger partial charge in [0.25, 0.3) is 0 Å². The molecule has 0 unspecified atom stereocenters. The Morgan fingerprint density at radius 1 is 1.05 bits per heavy atom. The van der Waals surface area contributed by atoms with E-state index in [1.54, 1.807) is 24.9 Å². The van der Waals surface area contributed by atoms with Gasteiger partial charge >= 0.3 is 0 Å². The van der Waals surface area contributed by atoms with E-state index in [4.69, 9.17) is 0 Å². The van der Waals surface area contributed by atoms with Crippen molar-refractivity contribution < 1.29 is 8.78 Å². The summed E-state index contributed by atoms with van der Waals surface area (Å²) in [4.78, 5) is 3.59. The molecule has 0 amide bonds. The van der Waals surface area contributed by atoms with Crippen molar-refractivity contribution in [3.63, 3.8) is 0 Å². The van der Waals surface area contributed by atoms with Crippen LogP contribution >= 0.6 is 0 Å². The first-order chi connectivity index (χ1) is 8.54. The van der Waals surface area contributed by atoms with Crippen molar-refractivity contribution in [1.29, 1.82) is 0 Å². The van der Waals surface area contributed by atoms with Gasteiger partial charge in [0.2, 0.25) is 0 Å². The number of benzene rings is 1. The van der Waals surface area contributed by atoms with Crippen LogP contribution in [0, 0.1) is 24.0 Å². The summed E-state index contributed by atoms with van der Waals surface area (Å²) in [5, 5.41) is 0. The van der Waals surface area contributed by atoms with E-state index in [1.165, 1.54) is 0 Å². The molecule has 0 aliphatic carbocycles.